The zero-order valence-corrected chi connectivity index (χ0v) is 20.4. The Morgan fingerprint density at radius 3 is 2.89 bits per heavy atom. The predicted molar refractivity (Wildman–Crippen MR) is 135 cm³/mol. The van der Waals surface area contributed by atoms with Crippen LogP contribution in [0.4, 0.5) is 4.39 Å². The van der Waals surface area contributed by atoms with E-state index in [1.54, 1.807) is 12.1 Å². The Labute approximate surface area is 206 Å². The molecular weight excluding hydrogens is 443 g/mol. The predicted octanol–water partition coefficient (Wildman–Crippen LogP) is 3.18. The van der Waals surface area contributed by atoms with Crippen LogP contribution in [-0.4, -0.2) is 64.4 Å². The number of halogens is 1. The van der Waals surface area contributed by atoms with Crippen LogP contribution in [0.1, 0.15) is 67.2 Å². The van der Waals surface area contributed by atoms with E-state index >= 15 is 4.39 Å². The van der Waals surface area contributed by atoms with Crippen molar-refractivity contribution in [3.8, 4) is 5.75 Å². The Kier molecular flexibility index (Phi) is 6.39. The monoisotopic (exact) mass is 480 g/mol. The summed E-state index contributed by atoms with van der Waals surface area (Å²) in [6.45, 7) is 6.36. The summed E-state index contributed by atoms with van der Waals surface area (Å²) in [4.78, 5) is 10.9. The number of aromatic hydroxyl groups is 1. The average molecular weight is 481 g/mol. The lowest BCUT2D eigenvalue weighted by Crippen LogP contribution is -2.45. The van der Waals surface area contributed by atoms with Crippen LogP contribution in [0, 0.1) is 5.92 Å². The van der Waals surface area contributed by atoms with Crippen LogP contribution in [0.5, 0.6) is 5.75 Å². The average Bonchev–Trinajstić information content (AvgIpc) is 3.65. The number of nitrogens with zero attached hydrogens (tertiary/aromatic N) is 2. The molecule has 2 saturated heterocycles. The van der Waals surface area contributed by atoms with Crippen molar-refractivity contribution in [2.24, 2.45) is 5.92 Å². The van der Waals surface area contributed by atoms with Gasteiger partial charge in [-0.3, -0.25) is 10.3 Å². The number of aromatic amines is 1. The van der Waals surface area contributed by atoms with E-state index in [1.165, 1.54) is 12.0 Å². The summed E-state index contributed by atoms with van der Waals surface area (Å²) in [7, 11) is 0. The van der Waals surface area contributed by atoms with Crippen LogP contribution in [0.3, 0.4) is 0 Å². The van der Waals surface area contributed by atoms with Crippen LogP contribution >= 0.6 is 0 Å². The van der Waals surface area contributed by atoms with E-state index in [0.717, 1.165) is 74.5 Å². The van der Waals surface area contributed by atoms with E-state index in [1.807, 2.05) is 12.3 Å². The smallest absolute Gasteiger partial charge is 0.125 e. The van der Waals surface area contributed by atoms with Gasteiger partial charge in [-0.15, -0.1) is 0 Å². The second kappa shape index (κ2) is 9.65. The van der Waals surface area contributed by atoms with Gasteiger partial charge in [0.2, 0.25) is 0 Å². The molecule has 0 radical (unpaired) electrons. The maximum Gasteiger partial charge on any atom is 0.125 e. The van der Waals surface area contributed by atoms with Crippen molar-refractivity contribution in [2.45, 2.75) is 69.2 Å². The fraction of sp³-hybridized carbons (Fsp3) is 0.593. The third kappa shape index (κ3) is 4.31. The molecule has 2 aromatic rings. The number of fused-ring (bicyclic) bond motifs is 1. The van der Waals surface area contributed by atoms with E-state index < -0.39 is 6.17 Å². The first-order valence-corrected chi connectivity index (χ1v) is 13.3. The van der Waals surface area contributed by atoms with E-state index in [9.17, 15) is 5.11 Å². The molecule has 0 spiro atoms. The number of phenolic OH excluding ortho intramolecular Hbond substituents is 1. The highest BCUT2D eigenvalue weighted by atomic mass is 19.1. The molecule has 4 aliphatic rings. The molecule has 3 aliphatic heterocycles. The van der Waals surface area contributed by atoms with Gasteiger partial charge in [-0.2, -0.15) is 0 Å². The van der Waals surface area contributed by atoms with Gasteiger partial charge < -0.3 is 15.4 Å². The second-order valence-corrected chi connectivity index (χ2v) is 10.6. The number of benzene rings is 1. The molecule has 0 bridgehead atoms. The van der Waals surface area contributed by atoms with E-state index in [-0.39, 0.29) is 29.7 Å². The second-order valence-electron chi connectivity index (χ2n) is 10.6. The van der Waals surface area contributed by atoms with Gasteiger partial charge in [-0.05, 0) is 67.5 Å². The fourth-order valence-electron chi connectivity index (χ4n) is 6.78. The number of aromatic nitrogens is 2. The third-order valence-corrected chi connectivity index (χ3v) is 8.77. The molecule has 0 amide bonds. The molecule has 1 aromatic heterocycles. The molecule has 3 fully saturated rings. The summed E-state index contributed by atoms with van der Waals surface area (Å²) in [5, 5.41) is 13.3. The number of nitrogens with one attached hydrogen (secondary N) is 4. The Balaban J connectivity index is 1.14. The highest BCUT2D eigenvalue weighted by Gasteiger charge is 2.48. The quantitative estimate of drug-likeness (QED) is 0.452. The summed E-state index contributed by atoms with van der Waals surface area (Å²) in [6.07, 6.45) is 8.07. The molecule has 188 valence electrons. The maximum atomic E-state index is 15.8. The Bertz CT molecular complexity index is 1080. The van der Waals surface area contributed by atoms with Crippen molar-refractivity contribution in [1.82, 2.24) is 31.0 Å². The molecule has 4 heterocycles. The van der Waals surface area contributed by atoms with Crippen LogP contribution in [0.15, 0.2) is 30.5 Å². The van der Waals surface area contributed by atoms with Gasteiger partial charge in [-0.1, -0.05) is 19.1 Å². The van der Waals surface area contributed by atoms with Gasteiger partial charge in [0.1, 0.15) is 17.7 Å². The minimum absolute atomic E-state index is 0.0244. The highest BCUT2D eigenvalue weighted by Crippen LogP contribution is 2.45. The molecule has 1 saturated carbocycles. The molecule has 6 unspecified atom stereocenters. The molecule has 1 aliphatic carbocycles. The van der Waals surface area contributed by atoms with Crippen LogP contribution < -0.4 is 16.2 Å². The third-order valence-electron chi connectivity index (χ3n) is 8.77. The SMILES string of the molecule is CCc1cc(O)ccc1C1CCC2C(c3ncc(C4=CCN(C5CCNC5)CC4)[nH]3)NNC2C1F. The molecular formula is C27H37FN6O. The Morgan fingerprint density at radius 1 is 1.20 bits per heavy atom. The fourth-order valence-corrected chi connectivity index (χ4v) is 6.78. The first kappa shape index (κ1) is 23.2. The van der Waals surface area contributed by atoms with Gasteiger partial charge in [0, 0.05) is 37.5 Å². The number of aryl methyl sites for hydroxylation is 1. The summed E-state index contributed by atoms with van der Waals surface area (Å²) >= 11 is 0. The first-order chi connectivity index (χ1) is 17.1. The van der Waals surface area contributed by atoms with Gasteiger partial charge in [-0.25, -0.2) is 14.8 Å². The van der Waals surface area contributed by atoms with Crippen molar-refractivity contribution in [3.05, 3.63) is 53.1 Å². The molecule has 35 heavy (non-hydrogen) atoms. The summed E-state index contributed by atoms with van der Waals surface area (Å²) in [5.74, 6) is 1.14. The van der Waals surface area contributed by atoms with Gasteiger partial charge in [0.15, 0.2) is 0 Å². The molecule has 6 rings (SSSR count). The molecule has 8 heteroatoms. The molecule has 7 nitrogen and oxygen atoms in total. The van der Waals surface area contributed by atoms with E-state index in [2.05, 4.69) is 39.1 Å². The first-order valence-electron chi connectivity index (χ1n) is 13.3. The number of alkyl halides is 1. The van der Waals surface area contributed by atoms with Crippen molar-refractivity contribution < 1.29 is 9.50 Å². The van der Waals surface area contributed by atoms with Gasteiger partial charge in [0.05, 0.1) is 24.0 Å². The van der Waals surface area contributed by atoms with E-state index in [4.69, 9.17) is 4.98 Å². The summed E-state index contributed by atoms with van der Waals surface area (Å²) < 4.78 is 15.8. The number of imidazole rings is 1. The number of hydrogen-bond donors (Lipinski definition) is 5. The zero-order valence-electron chi connectivity index (χ0n) is 20.4. The van der Waals surface area contributed by atoms with E-state index in [0.29, 0.717) is 6.04 Å². The summed E-state index contributed by atoms with van der Waals surface area (Å²) in [6, 6.07) is 5.76. The number of H-pyrrole nitrogens is 1. The topological polar surface area (TPSA) is 88.2 Å². The van der Waals surface area contributed by atoms with Crippen molar-refractivity contribution >= 4 is 5.57 Å². The molecule has 6 atom stereocenters. The van der Waals surface area contributed by atoms with Gasteiger partial charge >= 0.3 is 0 Å². The lowest BCUT2D eigenvalue weighted by atomic mass is 9.71. The molecule has 5 N–H and O–H groups in total. The minimum atomic E-state index is -0.993. The zero-order chi connectivity index (χ0) is 23.9. The minimum Gasteiger partial charge on any atom is -0.508 e. The number of phenols is 1. The maximum absolute atomic E-state index is 15.8. The van der Waals surface area contributed by atoms with Crippen molar-refractivity contribution in [1.29, 1.82) is 0 Å². The highest BCUT2D eigenvalue weighted by molar-refractivity contribution is 5.63. The van der Waals surface area contributed by atoms with Crippen LogP contribution in [-0.2, 0) is 6.42 Å². The number of hydrogen-bond acceptors (Lipinski definition) is 6. The number of rotatable bonds is 5. The van der Waals surface area contributed by atoms with Crippen LogP contribution in [0.2, 0.25) is 0 Å². The lowest BCUT2D eigenvalue weighted by molar-refractivity contribution is 0.135. The standard InChI is InChI=1S/C27H37FN6O/c1-2-16-13-19(35)3-4-20(16)21-5-6-22-25(24(21)28)32-33-26(22)27-30-15-23(31-27)17-8-11-34(12-9-17)18-7-10-29-14-18/h3-4,8,13,15,18,21-22,24-26,29,32-33,35H,2,5-7,9-12,14H2,1H3,(H,30,31). The molecule has 1 aromatic carbocycles. The van der Waals surface area contributed by atoms with Gasteiger partial charge in [0.25, 0.3) is 0 Å². The number of hydrazine groups is 1. The summed E-state index contributed by atoms with van der Waals surface area (Å²) in [5.41, 5.74) is 11.1. The normalized spacial score (nSPS) is 33.6. The lowest BCUT2D eigenvalue weighted by Gasteiger charge is -2.36. The van der Waals surface area contributed by atoms with Crippen LogP contribution in [0.25, 0.3) is 5.57 Å². The van der Waals surface area contributed by atoms with Crippen molar-refractivity contribution in [2.75, 3.05) is 26.2 Å². The largest absolute Gasteiger partial charge is 0.508 e. The Morgan fingerprint density at radius 2 is 2.11 bits per heavy atom. The van der Waals surface area contributed by atoms with Crippen molar-refractivity contribution in [3.63, 3.8) is 0 Å². The Hall–Kier alpha value is -2.26.